The average Bonchev–Trinajstić information content (AvgIpc) is 2.61. The highest BCUT2D eigenvalue weighted by Gasteiger charge is 2.13. The molecule has 1 fully saturated rings. The summed E-state index contributed by atoms with van der Waals surface area (Å²) in [6.07, 6.45) is 1.68. The number of anilines is 2. The molecule has 0 spiro atoms. The van der Waals surface area contributed by atoms with Gasteiger partial charge in [0.05, 0.1) is 26.5 Å². The summed E-state index contributed by atoms with van der Waals surface area (Å²) in [7, 11) is 1.66. The number of rotatable bonds is 5. The minimum Gasteiger partial charge on any atom is -0.496 e. The van der Waals surface area contributed by atoms with Crippen LogP contribution < -0.4 is 15.0 Å². The van der Waals surface area contributed by atoms with Gasteiger partial charge in [-0.05, 0) is 6.07 Å². The van der Waals surface area contributed by atoms with E-state index in [9.17, 15) is 0 Å². The smallest absolute Gasteiger partial charge is 0.244 e. The van der Waals surface area contributed by atoms with Crippen LogP contribution in [0.3, 0.4) is 0 Å². The van der Waals surface area contributed by atoms with E-state index in [2.05, 4.69) is 25.4 Å². The minimum absolute atomic E-state index is 0.509. The first-order valence-electron chi connectivity index (χ1n) is 7.25. The maximum Gasteiger partial charge on any atom is 0.244 e. The maximum atomic E-state index is 5.35. The minimum atomic E-state index is 0.509. The Morgan fingerprint density at radius 2 is 2.09 bits per heavy atom. The molecular weight excluding hydrogens is 282 g/mol. The normalized spacial score (nSPS) is 14.7. The molecule has 1 N–H and O–H groups in total. The first kappa shape index (κ1) is 14.5. The number of hydrogen-bond acceptors (Lipinski definition) is 7. The van der Waals surface area contributed by atoms with Gasteiger partial charge in [-0.2, -0.15) is 10.1 Å². The van der Waals surface area contributed by atoms with E-state index in [4.69, 9.17) is 9.47 Å². The molecule has 22 heavy (non-hydrogen) atoms. The van der Waals surface area contributed by atoms with Crippen LogP contribution in [0.4, 0.5) is 11.8 Å². The first-order valence-corrected chi connectivity index (χ1v) is 7.25. The van der Waals surface area contributed by atoms with Crippen molar-refractivity contribution < 1.29 is 9.47 Å². The molecule has 1 aliphatic rings. The van der Waals surface area contributed by atoms with Gasteiger partial charge in [0.2, 0.25) is 5.95 Å². The van der Waals surface area contributed by atoms with Crippen molar-refractivity contribution in [2.45, 2.75) is 6.54 Å². The monoisotopic (exact) mass is 301 g/mol. The summed E-state index contributed by atoms with van der Waals surface area (Å²) in [6, 6.07) is 7.85. The van der Waals surface area contributed by atoms with Crippen LogP contribution >= 0.6 is 0 Å². The molecule has 0 bridgehead atoms. The molecule has 3 rings (SSSR count). The summed E-state index contributed by atoms with van der Waals surface area (Å²) < 4.78 is 10.7. The van der Waals surface area contributed by atoms with Crippen molar-refractivity contribution in [2.24, 2.45) is 0 Å². The number of nitrogens with zero attached hydrogens (tertiary/aromatic N) is 4. The second kappa shape index (κ2) is 7.04. The summed E-state index contributed by atoms with van der Waals surface area (Å²) in [5.74, 6) is 2.17. The lowest BCUT2D eigenvalue weighted by Gasteiger charge is -2.27. The van der Waals surface area contributed by atoms with E-state index >= 15 is 0 Å². The Labute approximate surface area is 129 Å². The van der Waals surface area contributed by atoms with Crippen molar-refractivity contribution in [2.75, 3.05) is 43.6 Å². The standard InChI is InChI=1S/C15H19N5O2/c1-21-13-5-3-2-4-12(13)10-16-15-18-14(11-17-19-15)20-6-8-22-9-7-20/h2-5,11H,6-10H2,1H3,(H,16,18,19). The highest BCUT2D eigenvalue weighted by molar-refractivity contribution is 5.42. The van der Waals surface area contributed by atoms with Crippen LogP contribution in [0.15, 0.2) is 30.5 Å². The highest BCUT2D eigenvalue weighted by atomic mass is 16.5. The lowest BCUT2D eigenvalue weighted by atomic mass is 10.2. The number of aromatic nitrogens is 3. The Morgan fingerprint density at radius 3 is 2.91 bits per heavy atom. The van der Waals surface area contributed by atoms with Crippen molar-refractivity contribution in [3.63, 3.8) is 0 Å². The predicted octanol–water partition coefficient (Wildman–Crippen LogP) is 1.33. The van der Waals surface area contributed by atoms with Crippen LogP contribution in [0.2, 0.25) is 0 Å². The Hall–Kier alpha value is -2.41. The van der Waals surface area contributed by atoms with Gasteiger partial charge in [0, 0.05) is 25.2 Å². The molecule has 2 heterocycles. The van der Waals surface area contributed by atoms with Gasteiger partial charge in [0.1, 0.15) is 5.75 Å². The fraction of sp³-hybridized carbons (Fsp3) is 0.400. The van der Waals surface area contributed by atoms with Gasteiger partial charge >= 0.3 is 0 Å². The lowest BCUT2D eigenvalue weighted by Crippen LogP contribution is -2.37. The molecule has 0 amide bonds. The van der Waals surface area contributed by atoms with E-state index in [0.717, 1.165) is 30.2 Å². The van der Waals surface area contributed by atoms with Crippen LogP contribution in [-0.2, 0) is 11.3 Å². The van der Waals surface area contributed by atoms with Gasteiger partial charge in [0.25, 0.3) is 0 Å². The fourth-order valence-corrected chi connectivity index (χ4v) is 2.34. The summed E-state index contributed by atoms with van der Waals surface area (Å²) in [6.45, 7) is 3.66. The average molecular weight is 301 g/mol. The van der Waals surface area contributed by atoms with Gasteiger partial charge in [-0.25, -0.2) is 0 Å². The molecule has 0 saturated carbocycles. The van der Waals surface area contributed by atoms with Crippen LogP contribution in [-0.4, -0.2) is 48.6 Å². The number of ether oxygens (including phenoxy) is 2. The zero-order chi connectivity index (χ0) is 15.2. The van der Waals surface area contributed by atoms with E-state index in [1.165, 1.54) is 0 Å². The molecule has 1 aromatic heterocycles. The fourth-order valence-electron chi connectivity index (χ4n) is 2.34. The Kier molecular flexibility index (Phi) is 4.65. The van der Waals surface area contributed by atoms with Crippen LogP contribution in [0, 0.1) is 0 Å². The molecule has 7 heteroatoms. The molecular formula is C15H19N5O2. The van der Waals surface area contributed by atoms with Crippen molar-refractivity contribution in [1.29, 1.82) is 0 Å². The first-order chi connectivity index (χ1) is 10.9. The van der Waals surface area contributed by atoms with Crippen molar-refractivity contribution in [3.05, 3.63) is 36.0 Å². The Balaban J connectivity index is 1.67. The Morgan fingerprint density at radius 1 is 1.27 bits per heavy atom. The SMILES string of the molecule is COc1ccccc1CNc1nncc(N2CCOCC2)n1. The number of methoxy groups -OCH3 is 1. The van der Waals surface area contributed by atoms with Crippen LogP contribution in [0.1, 0.15) is 5.56 Å². The van der Waals surface area contributed by atoms with Crippen molar-refractivity contribution in [1.82, 2.24) is 15.2 Å². The van der Waals surface area contributed by atoms with Gasteiger partial charge in [-0.15, -0.1) is 5.10 Å². The molecule has 0 radical (unpaired) electrons. The van der Waals surface area contributed by atoms with Gasteiger partial charge in [0.15, 0.2) is 5.82 Å². The molecule has 7 nitrogen and oxygen atoms in total. The second-order valence-electron chi connectivity index (χ2n) is 4.90. The van der Waals surface area contributed by atoms with Crippen molar-refractivity contribution >= 4 is 11.8 Å². The molecule has 1 aliphatic heterocycles. The van der Waals surface area contributed by atoms with E-state index < -0.39 is 0 Å². The van der Waals surface area contributed by atoms with E-state index in [-0.39, 0.29) is 0 Å². The Bertz CT molecular complexity index is 616. The molecule has 1 aromatic carbocycles. The lowest BCUT2D eigenvalue weighted by molar-refractivity contribution is 0.122. The maximum absolute atomic E-state index is 5.35. The summed E-state index contributed by atoms with van der Waals surface area (Å²) in [5, 5.41) is 11.3. The second-order valence-corrected chi connectivity index (χ2v) is 4.90. The topological polar surface area (TPSA) is 72.4 Å². The number of hydrogen-bond donors (Lipinski definition) is 1. The quantitative estimate of drug-likeness (QED) is 0.893. The summed E-state index contributed by atoms with van der Waals surface area (Å²) in [5.41, 5.74) is 1.05. The third-order valence-electron chi connectivity index (χ3n) is 3.51. The summed E-state index contributed by atoms with van der Waals surface area (Å²) in [4.78, 5) is 6.66. The van der Waals surface area contributed by atoms with Gasteiger partial charge < -0.3 is 19.7 Å². The third-order valence-corrected chi connectivity index (χ3v) is 3.51. The zero-order valence-electron chi connectivity index (χ0n) is 12.5. The highest BCUT2D eigenvalue weighted by Crippen LogP contribution is 2.18. The number of nitrogens with one attached hydrogen (secondary N) is 1. The number of benzene rings is 1. The zero-order valence-corrected chi connectivity index (χ0v) is 12.5. The summed E-state index contributed by atoms with van der Waals surface area (Å²) >= 11 is 0. The molecule has 2 aromatic rings. The van der Waals surface area contributed by atoms with Crippen molar-refractivity contribution in [3.8, 4) is 5.75 Å². The van der Waals surface area contributed by atoms with E-state index in [0.29, 0.717) is 25.7 Å². The molecule has 0 unspecified atom stereocenters. The van der Waals surface area contributed by atoms with E-state index in [1.807, 2.05) is 24.3 Å². The van der Waals surface area contributed by atoms with Crippen LogP contribution in [0.5, 0.6) is 5.75 Å². The van der Waals surface area contributed by atoms with Gasteiger partial charge in [-0.3, -0.25) is 0 Å². The van der Waals surface area contributed by atoms with Gasteiger partial charge in [-0.1, -0.05) is 18.2 Å². The predicted molar refractivity (Wildman–Crippen MR) is 83.2 cm³/mol. The van der Waals surface area contributed by atoms with Crippen LogP contribution in [0.25, 0.3) is 0 Å². The molecule has 0 atom stereocenters. The third kappa shape index (κ3) is 3.43. The van der Waals surface area contributed by atoms with E-state index in [1.54, 1.807) is 13.3 Å². The molecule has 1 saturated heterocycles. The molecule has 116 valence electrons. The number of para-hydroxylation sites is 1. The molecule has 0 aliphatic carbocycles. The largest absolute Gasteiger partial charge is 0.496 e. The number of morpholine rings is 1.